The molecule has 1 aromatic heterocycles. The largest absolute Gasteiger partial charge is 0.337 e. The molecule has 1 atom stereocenters. The van der Waals surface area contributed by atoms with E-state index in [9.17, 15) is 0 Å². The summed E-state index contributed by atoms with van der Waals surface area (Å²) in [5, 5.41) is 4.52. The highest BCUT2D eigenvalue weighted by Gasteiger charge is 2.16. The first-order chi connectivity index (χ1) is 8.72. The van der Waals surface area contributed by atoms with Crippen molar-refractivity contribution in [1.29, 1.82) is 0 Å². The van der Waals surface area contributed by atoms with Gasteiger partial charge >= 0.3 is 0 Å². The quantitative estimate of drug-likeness (QED) is 0.913. The molecule has 0 aliphatic heterocycles. The average molecular weight is 284 g/mol. The predicted molar refractivity (Wildman–Crippen MR) is 74.7 cm³/mol. The van der Waals surface area contributed by atoms with E-state index in [1.54, 1.807) is 17.8 Å². The minimum atomic E-state index is -0.221. The Bertz CT molecular complexity index is 518. The molecule has 6 heteroatoms. The topological polar surface area (TPSA) is 64.9 Å². The van der Waals surface area contributed by atoms with E-state index in [0.29, 0.717) is 16.7 Å². The molecule has 0 saturated carbocycles. The molecule has 0 amide bonds. The molecule has 0 fully saturated rings. The lowest BCUT2D eigenvalue weighted by Gasteiger charge is -2.03. The number of thioether (sulfide) groups is 1. The summed E-state index contributed by atoms with van der Waals surface area (Å²) in [4.78, 5) is 4.30. The molecule has 0 radical (unpaired) electrons. The predicted octanol–water partition coefficient (Wildman–Crippen LogP) is 3.14. The van der Waals surface area contributed by atoms with Gasteiger partial charge in [-0.15, -0.1) is 0 Å². The van der Waals surface area contributed by atoms with Crippen molar-refractivity contribution in [3.05, 3.63) is 35.2 Å². The van der Waals surface area contributed by atoms with Crippen LogP contribution in [0.3, 0.4) is 0 Å². The summed E-state index contributed by atoms with van der Waals surface area (Å²) in [7, 11) is 0. The lowest BCUT2D eigenvalue weighted by molar-refractivity contribution is 0.353. The fraction of sp³-hybridized carbons (Fsp3) is 0.333. The molecule has 0 unspecified atom stereocenters. The summed E-state index contributed by atoms with van der Waals surface area (Å²) in [5.41, 5.74) is 6.72. The average Bonchev–Trinajstić information content (AvgIpc) is 2.86. The van der Waals surface area contributed by atoms with E-state index in [1.165, 1.54) is 0 Å². The number of rotatable bonds is 5. The van der Waals surface area contributed by atoms with Crippen LogP contribution in [-0.4, -0.2) is 22.1 Å². The smallest absolute Gasteiger partial charge is 0.243 e. The van der Waals surface area contributed by atoms with Crippen LogP contribution in [-0.2, 0) is 0 Å². The second-order valence-electron chi connectivity index (χ2n) is 3.82. The van der Waals surface area contributed by atoms with Crippen LogP contribution in [0.15, 0.2) is 28.8 Å². The molecule has 4 nitrogen and oxygen atoms in total. The van der Waals surface area contributed by atoms with E-state index >= 15 is 0 Å². The molecule has 2 N–H and O–H groups in total. The number of nitrogens with two attached hydrogens (primary N) is 1. The number of aromatic nitrogens is 2. The Hall–Kier alpha value is -1.04. The van der Waals surface area contributed by atoms with Gasteiger partial charge in [-0.3, -0.25) is 0 Å². The van der Waals surface area contributed by atoms with Gasteiger partial charge in [0.1, 0.15) is 0 Å². The van der Waals surface area contributed by atoms with E-state index in [-0.39, 0.29) is 6.04 Å². The molecule has 0 saturated heterocycles. The number of nitrogens with zero attached hydrogens (tertiary/aromatic N) is 2. The molecule has 2 rings (SSSR count). The number of hydrogen-bond acceptors (Lipinski definition) is 5. The highest BCUT2D eigenvalue weighted by atomic mass is 35.5. The van der Waals surface area contributed by atoms with Gasteiger partial charge in [-0.2, -0.15) is 16.7 Å². The van der Waals surface area contributed by atoms with Crippen LogP contribution in [0.25, 0.3) is 11.4 Å². The summed E-state index contributed by atoms with van der Waals surface area (Å²) in [6, 6.07) is 7.16. The van der Waals surface area contributed by atoms with Crippen molar-refractivity contribution in [1.82, 2.24) is 10.1 Å². The molecule has 0 aliphatic carbocycles. The van der Waals surface area contributed by atoms with E-state index < -0.39 is 0 Å². The monoisotopic (exact) mass is 283 g/mol. The number of hydrogen-bond donors (Lipinski definition) is 1. The van der Waals surface area contributed by atoms with Gasteiger partial charge in [0.05, 0.1) is 11.1 Å². The fourth-order valence-electron chi connectivity index (χ4n) is 1.51. The van der Waals surface area contributed by atoms with Crippen molar-refractivity contribution in [2.45, 2.75) is 12.5 Å². The van der Waals surface area contributed by atoms with Crippen molar-refractivity contribution in [3.8, 4) is 11.4 Å². The zero-order chi connectivity index (χ0) is 13.0. The maximum atomic E-state index is 6.07. The zero-order valence-corrected chi connectivity index (χ0v) is 11.5. The molecule has 1 aromatic carbocycles. The molecule has 1 heterocycles. The summed E-state index contributed by atoms with van der Waals surface area (Å²) in [6.45, 7) is 0. The molecule has 0 spiro atoms. The second-order valence-corrected chi connectivity index (χ2v) is 5.22. The SMILES string of the molecule is CSCC[C@@H](N)c1nc(-c2ccccc2Cl)no1. The third kappa shape index (κ3) is 3.04. The second kappa shape index (κ2) is 6.22. The van der Waals surface area contributed by atoms with Crippen LogP contribution < -0.4 is 5.73 Å². The van der Waals surface area contributed by atoms with Crippen molar-refractivity contribution in [2.24, 2.45) is 5.73 Å². The van der Waals surface area contributed by atoms with Gasteiger partial charge in [-0.1, -0.05) is 28.9 Å². The summed E-state index contributed by atoms with van der Waals surface area (Å²) < 4.78 is 5.18. The third-order valence-corrected chi connectivity index (χ3v) is 3.48. The standard InChI is InChI=1S/C12H14ClN3OS/c1-18-7-6-10(14)12-15-11(16-17-12)8-4-2-3-5-9(8)13/h2-5,10H,6-7,14H2,1H3/t10-/m1/s1. The van der Waals surface area contributed by atoms with Crippen molar-refractivity contribution >= 4 is 23.4 Å². The van der Waals surface area contributed by atoms with E-state index in [0.717, 1.165) is 17.7 Å². The Morgan fingerprint density at radius 1 is 1.44 bits per heavy atom. The summed E-state index contributed by atoms with van der Waals surface area (Å²) >= 11 is 7.81. The maximum Gasteiger partial charge on any atom is 0.243 e. The number of benzene rings is 1. The van der Waals surface area contributed by atoms with Crippen LogP contribution in [0.1, 0.15) is 18.4 Å². The Morgan fingerprint density at radius 2 is 2.22 bits per heavy atom. The van der Waals surface area contributed by atoms with Crippen LogP contribution in [0.4, 0.5) is 0 Å². The Kier molecular flexibility index (Phi) is 4.63. The summed E-state index contributed by atoms with van der Waals surface area (Å²) in [6.07, 6.45) is 2.85. The van der Waals surface area contributed by atoms with Gasteiger partial charge in [-0.25, -0.2) is 0 Å². The molecule has 0 aliphatic rings. The van der Waals surface area contributed by atoms with Crippen LogP contribution in [0.2, 0.25) is 5.02 Å². The summed E-state index contributed by atoms with van der Waals surface area (Å²) in [5.74, 6) is 1.90. The lowest BCUT2D eigenvalue weighted by atomic mass is 10.2. The molecule has 96 valence electrons. The van der Waals surface area contributed by atoms with Crippen molar-refractivity contribution < 1.29 is 4.52 Å². The van der Waals surface area contributed by atoms with Crippen LogP contribution in [0.5, 0.6) is 0 Å². The van der Waals surface area contributed by atoms with E-state index in [2.05, 4.69) is 10.1 Å². The first-order valence-electron chi connectivity index (χ1n) is 5.55. The van der Waals surface area contributed by atoms with Crippen molar-refractivity contribution in [3.63, 3.8) is 0 Å². The molecule has 2 aromatic rings. The molecule has 18 heavy (non-hydrogen) atoms. The van der Waals surface area contributed by atoms with Crippen LogP contribution in [0, 0.1) is 0 Å². The fourth-order valence-corrected chi connectivity index (χ4v) is 2.22. The van der Waals surface area contributed by atoms with E-state index in [1.807, 2.05) is 24.5 Å². The zero-order valence-electron chi connectivity index (χ0n) is 9.97. The normalized spacial score (nSPS) is 12.6. The molecular formula is C12H14ClN3OS. The minimum Gasteiger partial charge on any atom is -0.337 e. The molecular weight excluding hydrogens is 270 g/mol. The lowest BCUT2D eigenvalue weighted by Crippen LogP contribution is -2.11. The first kappa shape index (κ1) is 13.4. The number of halogens is 1. The van der Waals surface area contributed by atoms with Crippen molar-refractivity contribution in [2.75, 3.05) is 12.0 Å². The molecule has 0 bridgehead atoms. The first-order valence-corrected chi connectivity index (χ1v) is 7.32. The van der Waals surface area contributed by atoms with Gasteiger partial charge in [0, 0.05) is 5.56 Å². The minimum absolute atomic E-state index is 0.221. The van der Waals surface area contributed by atoms with Gasteiger partial charge in [0.15, 0.2) is 0 Å². The highest BCUT2D eigenvalue weighted by molar-refractivity contribution is 7.98. The van der Waals surface area contributed by atoms with Gasteiger partial charge in [0.25, 0.3) is 0 Å². The highest BCUT2D eigenvalue weighted by Crippen LogP contribution is 2.26. The third-order valence-electron chi connectivity index (χ3n) is 2.51. The maximum absolute atomic E-state index is 6.07. The van der Waals surface area contributed by atoms with Gasteiger partial charge in [-0.05, 0) is 30.6 Å². The Morgan fingerprint density at radius 3 is 2.94 bits per heavy atom. The van der Waals surface area contributed by atoms with E-state index in [4.69, 9.17) is 21.9 Å². The van der Waals surface area contributed by atoms with Crippen LogP contribution >= 0.6 is 23.4 Å². The van der Waals surface area contributed by atoms with Gasteiger partial charge in [0.2, 0.25) is 11.7 Å². The Labute approximate surface area is 115 Å². The Balaban J connectivity index is 2.18. The van der Waals surface area contributed by atoms with Gasteiger partial charge < -0.3 is 10.3 Å².